The molecule has 0 unspecified atom stereocenters. The first-order valence-corrected chi connectivity index (χ1v) is 1.88. The van der Waals surface area contributed by atoms with Crippen molar-refractivity contribution in [3.8, 4) is 0 Å². The molecule has 0 spiro atoms. The molecular formula is C4H8CuO2. The summed E-state index contributed by atoms with van der Waals surface area (Å²) in [5.74, 6) is -0.157. The van der Waals surface area contributed by atoms with E-state index in [0.29, 0.717) is 6.42 Å². The molecule has 0 aliphatic heterocycles. The molecule has 0 rings (SSSR count). The quantitative estimate of drug-likeness (QED) is 0.405. The molecule has 0 aliphatic carbocycles. The molecule has 0 saturated heterocycles. The van der Waals surface area contributed by atoms with Gasteiger partial charge in [-0.05, 0) is 0 Å². The summed E-state index contributed by atoms with van der Waals surface area (Å²) in [6.45, 7) is 1.76. The van der Waals surface area contributed by atoms with E-state index in [9.17, 15) is 4.79 Å². The number of ether oxygens (including phenoxy) is 1. The van der Waals surface area contributed by atoms with Crippen LogP contribution in [0.15, 0.2) is 0 Å². The largest absolute Gasteiger partial charge is 0.469 e. The van der Waals surface area contributed by atoms with Crippen LogP contribution >= 0.6 is 0 Å². The van der Waals surface area contributed by atoms with Crippen molar-refractivity contribution in [3.05, 3.63) is 0 Å². The SMILES string of the molecule is CCC(=O)OC.[Cu]. The Balaban J connectivity index is 0. The molecule has 0 heterocycles. The molecule has 0 aliphatic rings. The van der Waals surface area contributed by atoms with Gasteiger partial charge in [-0.3, -0.25) is 4.79 Å². The first kappa shape index (κ1) is 10.1. The number of hydrogen-bond acceptors (Lipinski definition) is 2. The summed E-state index contributed by atoms with van der Waals surface area (Å²) < 4.78 is 4.26. The standard InChI is InChI=1S/C4H8O2.Cu/c1-3-4(5)6-2;/h3H2,1-2H3;. The molecule has 0 fully saturated rings. The molecule has 47 valence electrons. The predicted octanol–water partition coefficient (Wildman–Crippen LogP) is 0.567. The monoisotopic (exact) mass is 151 g/mol. The minimum Gasteiger partial charge on any atom is -0.469 e. The number of methoxy groups -OCH3 is 1. The van der Waals surface area contributed by atoms with Crippen LogP contribution in [0, 0.1) is 0 Å². The van der Waals surface area contributed by atoms with Crippen LogP contribution in [0.5, 0.6) is 0 Å². The van der Waals surface area contributed by atoms with Crippen LogP contribution in [-0.2, 0) is 26.6 Å². The van der Waals surface area contributed by atoms with Gasteiger partial charge in [0, 0.05) is 23.5 Å². The minimum atomic E-state index is -0.157. The summed E-state index contributed by atoms with van der Waals surface area (Å²) in [6, 6.07) is 0. The molecule has 0 N–H and O–H groups in total. The van der Waals surface area contributed by atoms with Crippen LogP contribution in [0.1, 0.15) is 13.3 Å². The number of rotatable bonds is 1. The Morgan fingerprint density at radius 1 is 1.71 bits per heavy atom. The molecule has 0 aromatic rings. The zero-order valence-corrected chi connectivity index (χ0v) is 5.27. The Morgan fingerprint density at radius 3 is 2.14 bits per heavy atom. The first-order valence-electron chi connectivity index (χ1n) is 1.88. The molecule has 2 nitrogen and oxygen atoms in total. The van der Waals surface area contributed by atoms with Gasteiger partial charge in [-0.25, -0.2) is 0 Å². The number of carbonyl (C=O) groups is 1. The Bertz CT molecular complexity index is 47.7. The van der Waals surface area contributed by atoms with Crippen molar-refractivity contribution < 1.29 is 26.6 Å². The van der Waals surface area contributed by atoms with Gasteiger partial charge in [-0.15, -0.1) is 0 Å². The Hall–Kier alpha value is -0.0105. The summed E-state index contributed by atoms with van der Waals surface area (Å²) in [5, 5.41) is 0. The topological polar surface area (TPSA) is 26.3 Å². The fraction of sp³-hybridized carbons (Fsp3) is 0.750. The number of hydrogen-bond donors (Lipinski definition) is 0. The van der Waals surface area contributed by atoms with Crippen molar-refractivity contribution in [1.82, 2.24) is 0 Å². The van der Waals surface area contributed by atoms with Gasteiger partial charge in [-0.1, -0.05) is 6.92 Å². The molecule has 0 bridgehead atoms. The van der Waals surface area contributed by atoms with E-state index in [1.165, 1.54) is 7.11 Å². The second-order valence-electron chi connectivity index (χ2n) is 0.930. The summed E-state index contributed by atoms with van der Waals surface area (Å²) in [6.07, 6.45) is 0.469. The van der Waals surface area contributed by atoms with Gasteiger partial charge in [0.1, 0.15) is 0 Å². The van der Waals surface area contributed by atoms with E-state index in [4.69, 9.17) is 0 Å². The van der Waals surface area contributed by atoms with Crippen molar-refractivity contribution in [3.63, 3.8) is 0 Å². The Morgan fingerprint density at radius 2 is 2.14 bits per heavy atom. The maximum atomic E-state index is 9.96. The molecule has 0 atom stereocenters. The maximum absolute atomic E-state index is 9.96. The van der Waals surface area contributed by atoms with E-state index in [0.717, 1.165) is 0 Å². The average Bonchev–Trinajstić information content (AvgIpc) is 1.65. The van der Waals surface area contributed by atoms with Gasteiger partial charge in [0.05, 0.1) is 7.11 Å². The molecule has 1 radical (unpaired) electrons. The second-order valence-corrected chi connectivity index (χ2v) is 0.930. The van der Waals surface area contributed by atoms with E-state index in [1.54, 1.807) is 6.92 Å². The van der Waals surface area contributed by atoms with Crippen LogP contribution in [-0.4, -0.2) is 13.1 Å². The van der Waals surface area contributed by atoms with Crippen LogP contribution in [0.4, 0.5) is 0 Å². The predicted molar refractivity (Wildman–Crippen MR) is 22.3 cm³/mol. The molecule has 0 amide bonds. The third-order valence-electron chi connectivity index (χ3n) is 0.516. The van der Waals surface area contributed by atoms with E-state index < -0.39 is 0 Å². The summed E-state index contributed by atoms with van der Waals surface area (Å²) in [7, 11) is 1.38. The van der Waals surface area contributed by atoms with Gasteiger partial charge >= 0.3 is 5.97 Å². The van der Waals surface area contributed by atoms with Gasteiger partial charge < -0.3 is 4.74 Å². The average molecular weight is 152 g/mol. The zero-order chi connectivity index (χ0) is 4.99. The van der Waals surface area contributed by atoms with Gasteiger partial charge in [0.2, 0.25) is 0 Å². The molecule has 3 heteroatoms. The number of carbonyl (C=O) groups excluding carboxylic acids is 1. The number of esters is 1. The van der Waals surface area contributed by atoms with E-state index >= 15 is 0 Å². The van der Waals surface area contributed by atoms with E-state index in [-0.39, 0.29) is 23.0 Å². The van der Waals surface area contributed by atoms with Crippen molar-refractivity contribution in [2.75, 3.05) is 7.11 Å². The van der Waals surface area contributed by atoms with Crippen LogP contribution < -0.4 is 0 Å². The minimum absolute atomic E-state index is 0. The molecule has 0 aromatic carbocycles. The molecule has 0 saturated carbocycles. The van der Waals surface area contributed by atoms with Gasteiger partial charge in [-0.2, -0.15) is 0 Å². The van der Waals surface area contributed by atoms with Gasteiger partial charge in [0.25, 0.3) is 0 Å². The molecule has 7 heavy (non-hydrogen) atoms. The van der Waals surface area contributed by atoms with Crippen molar-refractivity contribution >= 4 is 5.97 Å². The van der Waals surface area contributed by atoms with Crippen LogP contribution in [0.2, 0.25) is 0 Å². The smallest absolute Gasteiger partial charge is 0.305 e. The van der Waals surface area contributed by atoms with Crippen LogP contribution in [0.3, 0.4) is 0 Å². The normalized spacial score (nSPS) is 6.57. The van der Waals surface area contributed by atoms with Crippen LogP contribution in [0.25, 0.3) is 0 Å². The van der Waals surface area contributed by atoms with Crippen molar-refractivity contribution in [1.29, 1.82) is 0 Å². The third kappa shape index (κ3) is 5.99. The van der Waals surface area contributed by atoms with Crippen molar-refractivity contribution in [2.45, 2.75) is 13.3 Å². The fourth-order valence-electron chi connectivity index (χ4n) is 0.144. The van der Waals surface area contributed by atoms with E-state index in [2.05, 4.69) is 4.74 Å². The third-order valence-corrected chi connectivity index (χ3v) is 0.516. The van der Waals surface area contributed by atoms with Crippen molar-refractivity contribution in [2.24, 2.45) is 0 Å². The summed E-state index contributed by atoms with van der Waals surface area (Å²) >= 11 is 0. The first-order chi connectivity index (χ1) is 2.81. The second kappa shape index (κ2) is 5.99. The summed E-state index contributed by atoms with van der Waals surface area (Å²) in [5.41, 5.74) is 0. The zero-order valence-electron chi connectivity index (χ0n) is 4.33. The molecular weight excluding hydrogens is 144 g/mol. The Kier molecular flexibility index (Phi) is 8.62. The summed E-state index contributed by atoms with van der Waals surface area (Å²) in [4.78, 5) is 9.96. The molecule has 0 aromatic heterocycles. The maximum Gasteiger partial charge on any atom is 0.305 e. The van der Waals surface area contributed by atoms with E-state index in [1.807, 2.05) is 0 Å². The Labute approximate surface area is 53.7 Å². The fourth-order valence-corrected chi connectivity index (χ4v) is 0.144. The van der Waals surface area contributed by atoms with Gasteiger partial charge in [0.15, 0.2) is 0 Å².